The predicted molar refractivity (Wildman–Crippen MR) is 102 cm³/mol. The van der Waals surface area contributed by atoms with E-state index in [0.29, 0.717) is 11.7 Å². The molecule has 0 fully saturated rings. The van der Waals surface area contributed by atoms with E-state index in [1.54, 1.807) is 7.11 Å². The molecule has 0 saturated carbocycles. The first kappa shape index (κ1) is 16.6. The van der Waals surface area contributed by atoms with Crippen molar-refractivity contribution < 1.29 is 14.0 Å². The van der Waals surface area contributed by atoms with Crippen LogP contribution >= 0.6 is 15.9 Å². The molecule has 5 nitrogen and oxygen atoms in total. The average molecular weight is 411 g/mol. The van der Waals surface area contributed by atoms with Gasteiger partial charge >= 0.3 is 0 Å². The van der Waals surface area contributed by atoms with E-state index in [-0.39, 0.29) is 6.61 Å². The minimum absolute atomic E-state index is 0.188. The Labute approximate surface area is 158 Å². The molecular weight excluding hydrogens is 396 g/mol. The fraction of sp³-hybridized carbons (Fsp3) is 0.100. The van der Waals surface area contributed by atoms with Crippen LogP contribution in [-0.4, -0.2) is 17.3 Å². The Morgan fingerprint density at radius 1 is 1.04 bits per heavy atom. The van der Waals surface area contributed by atoms with Gasteiger partial charge in [0.2, 0.25) is 5.82 Å². The Hall–Kier alpha value is -2.86. The van der Waals surface area contributed by atoms with Gasteiger partial charge in [-0.15, -0.1) is 0 Å². The third-order valence-electron chi connectivity index (χ3n) is 3.98. The lowest BCUT2D eigenvalue weighted by atomic mass is 10.1. The summed E-state index contributed by atoms with van der Waals surface area (Å²) in [5, 5.41) is 6.25. The summed E-state index contributed by atoms with van der Waals surface area (Å²) in [6.07, 6.45) is 0. The van der Waals surface area contributed by atoms with E-state index in [1.807, 2.05) is 54.6 Å². The molecule has 4 aromatic rings. The molecule has 0 saturated heterocycles. The number of fused-ring (bicyclic) bond motifs is 1. The Balaban J connectivity index is 1.52. The molecule has 26 heavy (non-hydrogen) atoms. The predicted octanol–water partition coefficient (Wildman–Crippen LogP) is 5.24. The van der Waals surface area contributed by atoms with Crippen LogP contribution in [0.25, 0.3) is 22.2 Å². The Kier molecular flexibility index (Phi) is 4.58. The van der Waals surface area contributed by atoms with Crippen molar-refractivity contribution in [3.8, 4) is 22.9 Å². The van der Waals surface area contributed by atoms with Crippen molar-refractivity contribution in [2.75, 3.05) is 7.11 Å². The third kappa shape index (κ3) is 3.28. The smallest absolute Gasteiger partial charge is 0.264 e. The summed E-state index contributed by atoms with van der Waals surface area (Å²) in [5.41, 5.74) is 0.825. The van der Waals surface area contributed by atoms with Crippen LogP contribution in [0.5, 0.6) is 11.5 Å². The second kappa shape index (κ2) is 7.17. The van der Waals surface area contributed by atoms with Gasteiger partial charge in [-0.2, -0.15) is 4.98 Å². The fourth-order valence-electron chi connectivity index (χ4n) is 2.66. The van der Waals surface area contributed by atoms with Gasteiger partial charge in [0, 0.05) is 5.56 Å². The van der Waals surface area contributed by atoms with Gasteiger partial charge in [-0.05, 0) is 44.9 Å². The summed E-state index contributed by atoms with van der Waals surface area (Å²) in [6, 6.07) is 19.5. The molecule has 4 rings (SSSR count). The topological polar surface area (TPSA) is 57.4 Å². The molecule has 0 spiro atoms. The van der Waals surface area contributed by atoms with Gasteiger partial charge in [0.1, 0.15) is 11.5 Å². The molecule has 0 N–H and O–H groups in total. The Bertz CT molecular complexity index is 1060. The number of hydrogen-bond donors (Lipinski definition) is 0. The maximum atomic E-state index is 5.86. The number of nitrogens with zero attached hydrogens (tertiary/aromatic N) is 2. The summed E-state index contributed by atoms with van der Waals surface area (Å²) < 4.78 is 17.3. The van der Waals surface area contributed by atoms with E-state index in [4.69, 9.17) is 14.0 Å². The van der Waals surface area contributed by atoms with Gasteiger partial charge in [-0.1, -0.05) is 47.6 Å². The molecule has 130 valence electrons. The van der Waals surface area contributed by atoms with Crippen LogP contribution in [0.3, 0.4) is 0 Å². The fourth-order valence-corrected chi connectivity index (χ4v) is 3.27. The molecule has 0 aliphatic rings. The molecule has 0 amide bonds. The monoisotopic (exact) mass is 410 g/mol. The van der Waals surface area contributed by atoms with Crippen molar-refractivity contribution in [1.29, 1.82) is 0 Å². The molecule has 0 unspecified atom stereocenters. The van der Waals surface area contributed by atoms with Crippen LogP contribution < -0.4 is 9.47 Å². The maximum absolute atomic E-state index is 5.86. The minimum atomic E-state index is 0.188. The normalized spacial score (nSPS) is 10.8. The number of rotatable bonds is 5. The molecule has 1 heterocycles. The SMILES string of the molecule is COc1cccc(-c2noc(COc3ccc4ccccc4c3Br)n2)c1. The first-order valence-electron chi connectivity index (χ1n) is 8.01. The van der Waals surface area contributed by atoms with Crippen molar-refractivity contribution in [1.82, 2.24) is 10.1 Å². The number of methoxy groups -OCH3 is 1. The van der Waals surface area contributed by atoms with Crippen molar-refractivity contribution in [2.24, 2.45) is 0 Å². The van der Waals surface area contributed by atoms with Gasteiger partial charge in [0.05, 0.1) is 11.6 Å². The van der Waals surface area contributed by atoms with Crippen LogP contribution in [0.15, 0.2) is 69.7 Å². The van der Waals surface area contributed by atoms with E-state index >= 15 is 0 Å². The van der Waals surface area contributed by atoms with Crippen LogP contribution in [-0.2, 0) is 6.61 Å². The van der Waals surface area contributed by atoms with Gasteiger partial charge in [-0.3, -0.25) is 0 Å². The standard InChI is InChI=1S/C20H15BrN2O3/c1-24-15-7-4-6-14(11-15)20-22-18(26-23-20)12-25-17-10-9-13-5-2-3-8-16(13)19(17)21/h2-11H,12H2,1H3. The molecule has 0 bridgehead atoms. The van der Waals surface area contributed by atoms with Crippen molar-refractivity contribution in [3.63, 3.8) is 0 Å². The second-order valence-corrected chi connectivity index (χ2v) is 6.42. The van der Waals surface area contributed by atoms with Gasteiger partial charge in [0.25, 0.3) is 5.89 Å². The highest BCUT2D eigenvalue weighted by molar-refractivity contribution is 9.10. The van der Waals surface area contributed by atoms with Gasteiger partial charge in [0.15, 0.2) is 6.61 Å². The summed E-state index contributed by atoms with van der Waals surface area (Å²) >= 11 is 3.61. The lowest BCUT2D eigenvalue weighted by molar-refractivity contribution is 0.242. The lowest BCUT2D eigenvalue weighted by Gasteiger charge is -2.08. The quantitative estimate of drug-likeness (QED) is 0.450. The highest BCUT2D eigenvalue weighted by atomic mass is 79.9. The maximum Gasteiger partial charge on any atom is 0.264 e. The molecule has 0 radical (unpaired) electrons. The van der Waals surface area contributed by atoms with Gasteiger partial charge in [-0.25, -0.2) is 0 Å². The molecular formula is C20H15BrN2O3. The second-order valence-electron chi connectivity index (χ2n) is 5.63. The van der Waals surface area contributed by atoms with Crippen LogP contribution in [0, 0.1) is 0 Å². The number of halogens is 1. The number of aromatic nitrogens is 2. The van der Waals surface area contributed by atoms with E-state index in [9.17, 15) is 0 Å². The average Bonchev–Trinajstić information content (AvgIpc) is 3.17. The van der Waals surface area contributed by atoms with E-state index in [2.05, 4.69) is 32.1 Å². The Morgan fingerprint density at radius 3 is 2.81 bits per heavy atom. The molecule has 0 aliphatic carbocycles. The van der Waals surface area contributed by atoms with Crippen LogP contribution in [0.1, 0.15) is 5.89 Å². The highest BCUT2D eigenvalue weighted by Crippen LogP contribution is 2.33. The molecule has 3 aromatic carbocycles. The lowest BCUT2D eigenvalue weighted by Crippen LogP contribution is -1.96. The van der Waals surface area contributed by atoms with Crippen molar-refractivity contribution >= 4 is 26.7 Å². The van der Waals surface area contributed by atoms with Crippen molar-refractivity contribution in [2.45, 2.75) is 6.61 Å². The zero-order chi connectivity index (χ0) is 17.9. The van der Waals surface area contributed by atoms with E-state index in [0.717, 1.165) is 32.3 Å². The number of benzene rings is 3. The molecule has 0 aliphatic heterocycles. The molecule has 6 heteroatoms. The number of ether oxygens (including phenoxy) is 2. The summed E-state index contributed by atoms with van der Waals surface area (Å²) in [5.74, 6) is 2.37. The zero-order valence-electron chi connectivity index (χ0n) is 14.0. The van der Waals surface area contributed by atoms with Crippen LogP contribution in [0.4, 0.5) is 0 Å². The first-order chi connectivity index (χ1) is 12.7. The first-order valence-corrected chi connectivity index (χ1v) is 8.81. The highest BCUT2D eigenvalue weighted by Gasteiger charge is 2.12. The molecule has 1 aromatic heterocycles. The largest absolute Gasteiger partial charge is 0.497 e. The van der Waals surface area contributed by atoms with Crippen molar-refractivity contribution in [3.05, 3.63) is 71.0 Å². The Morgan fingerprint density at radius 2 is 1.92 bits per heavy atom. The van der Waals surface area contributed by atoms with E-state index < -0.39 is 0 Å². The summed E-state index contributed by atoms with van der Waals surface area (Å²) in [7, 11) is 1.62. The summed E-state index contributed by atoms with van der Waals surface area (Å²) in [6.45, 7) is 0.188. The van der Waals surface area contributed by atoms with E-state index in [1.165, 1.54) is 0 Å². The number of hydrogen-bond acceptors (Lipinski definition) is 5. The van der Waals surface area contributed by atoms with Gasteiger partial charge < -0.3 is 14.0 Å². The zero-order valence-corrected chi connectivity index (χ0v) is 15.6. The summed E-state index contributed by atoms with van der Waals surface area (Å²) in [4.78, 5) is 4.39. The molecule has 0 atom stereocenters. The minimum Gasteiger partial charge on any atom is -0.497 e. The third-order valence-corrected chi connectivity index (χ3v) is 4.79. The van der Waals surface area contributed by atoms with Crippen LogP contribution in [0.2, 0.25) is 0 Å².